The Morgan fingerprint density at radius 2 is 2.09 bits per heavy atom. The van der Waals surface area contributed by atoms with Crippen LogP contribution >= 0.6 is 0 Å². The Labute approximate surface area is 131 Å². The number of benzene rings is 1. The van der Waals surface area contributed by atoms with Gasteiger partial charge in [0, 0.05) is 12.6 Å². The molecule has 7 heteroatoms. The smallest absolute Gasteiger partial charge is 0.408 e. The molecule has 1 aromatic carbocycles. The Bertz CT molecular complexity index is 899. The molecule has 0 fully saturated rings. The molecule has 0 spiro atoms. The summed E-state index contributed by atoms with van der Waals surface area (Å²) in [5, 5.41) is 6.62. The zero-order valence-corrected chi connectivity index (χ0v) is 13.1. The van der Waals surface area contributed by atoms with Crippen LogP contribution in [0.5, 0.6) is 0 Å². The summed E-state index contributed by atoms with van der Waals surface area (Å²) >= 11 is 0. The largest absolute Gasteiger partial charge is 0.420 e. The first-order valence-electron chi connectivity index (χ1n) is 7.29. The number of hydrogen-bond acceptors (Lipinski definition) is 5. The van der Waals surface area contributed by atoms with Crippen LogP contribution in [0.25, 0.3) is 11.1 Å². The van der Waals surface area contributed by atoms with Crippen LogP contribution in [-0.4, -0.2) is 21.7 Å². The van der Waals surface area contributed by atoms with Crippen molar-refractivity contribution in [3.8, 4) is 0 Å². The van der Waals surface area contributed by atoms with Crippen LogP contribution < -0.4 is 11.1 Å². The first-order valence-corrected chi connectivity index (χ1v) is 7.29. The van der Waals surface area contributed by atoms with E-state index in [1.165, 1.54) is 4.57 Å². The predicted molar refractivity (Wildman–Crippen MR) is 83.4 cm³/mol. The van der Waals surface area contributed by atoms with Crippen LogP contribution in [0.3, 0.4) is 0 Å². The van der Waals surface area contributed by atoms with Crippen molar-refractivity contribution in [2.75, 3.05) is 0 Å². The van der Waals surface area contributed by atoms with Gasteiger partial charge in [0.15, 0.2) is 5.58 Å². The number of carbonyl (C=O) groups excluding carboxylic acids is 1. The SMILES string of the molecule is Cc1noc(C)c1C(=O)N[C@H](C)Cn1c(=O)oc2ccccc21. The van der Waals surface area contributed by atoms with Crippen LogP contribution in [0.15, 0.2) is 38.0 Å². The van der Waals surface area contributed by atoms with Gasteiger partial charge in [-0.25, -0.2) is 4.79 Å². The van der Waals surface area contributed by atoms with Gasteiger partial charge in [-0.05, 0) is 32.9 Å². The number of rotatable bonds is 4. The number of aromatic nitrogens is 2. The summed E-state index contributed by atoms with van der Waals surface area (Å²) < 4.78 is 11.7. The molecule has 0 aliphatic heterocycles. The fourth-order valence-electron chi connectivity index (χ4n) is 2.61. The minimum absolute atomic E-state index is 0.269. The molecule has 1 N–H and O–H groups in total. The highest BCUT2D eigenvalue weighted by Crippen LogP contribution is 2.14. The maximum absolute atomic E-state index is 12.3. The first-order chi connectivity index (χ1) is 11.0. The lowest BCUT2D eigenvalue weighted by Crippen LogP contribution is -2.37. The number of fused-ring (bicyclic) bond motifs is 1. The highest BCUT2D eigenvalue weighted by Gasteiger charge is 2.20. The average molecular weight is 315 g/mol. The number of hydrogen-bond donors (Lipinski definition) is 1. The van der Waals surface area contributed by atoms with E-state index in [1.807, 2.05) is 19.1 Å². The summed E-state index contributed by atoms with van der Waals surface area (Å²) in [6.07, 6.45) is 0. The second-order valence-corrected chi connectivity index (χ2v) is 5.52. The summed E-state index contributed by atoms with van der Waals surface area (Å²) in [4.78, 5) is 24.3. The third-order valence-electron chi connectivity index (χ3n) is 3.67. The monoisotopic (exact) mass is 315 g/mol. The predicted octanol–water partition coefficient (Wildman–Crippen LogP) is 2.02. The molecule has 0 saturated heterocycles. The first kappa shape index (κ1) is 15.1. The Morgan fingerprint density at radius 3 is 2.78 bits per heavy atom. The number of aryl methyl sites for hydroxylation is 2. The van der Waals surface area contributed by atoms with Crippen molar-refractivity contribution >= 4 is 17.0 Å². The molecule has 7 nitrogen and oxygen atoms in total. The van der Waals surface area contributed by atoms with Gasteiger partial charge in [-0.3, -0.25) is 9.36 Å². The second kappa shape index (κ2) is 5.75. The number of carbonyl (C=O) groups is 1. The molecule has 0 bridgehead atoms. The van der Waals surface area contributed by atoms with Crippen LogP contribution in [-0.2, 0) is 6.54 Å². The van der Waals surface area contributed by atoms with Gasteiger partial charge in [0.1, 0.15) is 11.3 Å². The van der Waals surface area contributed by atoms with Crippen LogP contribution in [0.4, 0.5) is 0 Å². The lowest BCUT2D eigenvalue weighted by molar-refractivity contribution is 0.0934. The quantitative estimate of drug-likeness (QED) is 0.795. The highest BCUT2D eigenvalue weighted by molar-refractivity contribution is 5.96. The topological polar surface area (TPSA) is 90.3 Å². The third-order valence-corrected chi connectivity index (χ3v) is 3.67. The van der Waals surface area contributed by atoms with Crippen molar-refractivity contribution in [2.24, 2.45) is 0 Å². The summed E-state index contributed by atoms with van der Waals surface area (Å²) in [6, 6.07) is 6.91. The summed E-state index contributed by atoms with van der Waals surface area (Å²) in [5.41, 5.74) is 2.21. The standard InChI is InChI=1S/C16H17N3O4/c1-9(17-15(20)14-10(2)18-23-11(14)3)8-19-12-6-4-5-7-13(12)22-16(19)21/h4-7,9H,8H2,1-3H3,(H,17,20)/t9-/m1/s1. The molecular formula is C16H17N3O4. The molecule has 0 aliphatic rings. The molecule has 0 unspecified atom stereocenters. The Balaban J connectivity index is 1.79. The Kier molecular flexibility index (Phi) is 3.77. The van der Waals surface area contributed by atoms with Crippen molar-refractivity contribution in [1.82, 2.24) is 15.0 Å². The van der Waals surface area contributed by atoms with Crippen LogP contribution in [0.1, 0.15) is 28.7 Å². The van der Waals surface area contributed by atoms with Gasteiger partial charge in [0.2, 0.25) is 0 Å². The molecule has 23 heavy (non-hydrogen) atoms. The van der Waals surface area contributed by atoms with E-state index in [2.05, 4.69) is 10.5 Å². The maximum atomic E-state index is 12.3. The van der Waals surface area contributed by atoms with Gasteiger partial charge >= 0.3 is 5.76 Å². The van der Waals surface area contributed by atoms with Crippen molar-refractivity contribution in [1.29, 1.82) is 0 Å². The summed E-state index contributed by atoms with van der Waals surface area (Å²) in [6.45, 7) is 5.53. The molecule has 2 heterocycles. The normalized spacial score (nSPS) is 12.5. The Morgan fingerprint density at radius 1 is 1.35 bits per heavy atom. The fraction of sp³-hybridized carbons (Fsp3) is 0.312. The molecule has 0 radical (unpaired) electrons. The zero-order chi connectivity index (χ0) is 16.6. The Hall–Kier alpha value is -2.83. The van der Waals surface area contributed by atoms with E-state index >= 15 is 0 Å². The minimum atomic E-state index is -0.440. The van der Waals surface area contributed by atoms with E-state index in [-0.39, 0.29) is 11.9 Å². The van der Waals surface area contributed by atoms with E-state index in [4.69, 9.17) is 8.94 Å². The number of nitrogens with zero attached hydrogens (tertiary/aromatic N) is 2. The summed E-state index contributed by atoms with van der Waals surface area (Å²) in [5.74, 6) is -0.239. The minimum Gasteiger partial charge on any atom is -0.408 e. The lowest BCUT2D eigenvalue weighted by Gasteiger charge is -2.14. The number of oxazole rings is 1. The van der Waals surface area contributed by atoms with E-state index in [1.54, 1.807) is 26.0 Å². The molecule has 3 rings (SSSR count). The second-order valence-electron chi connectivity index (χ2n) is 5.52. The zero-order valence-electron chi connectivity index (χ0n) is 13.1. The van der Waals surface area contributed by atoms with E-state index in [0.29, 0.717) is 34.7 Å². The number of para-hydroxylation sites is 2. The third kappa shape index (κ3) is 2.77. The van der Waals surface area contributed by atoms with Crippen molar-refractivity contribution in [3.63, 3.8) is 0 Å². The van der Waals surface area contributed by atoms with Gasteiger partial charge in [0.05, 0.1) is 11.2 Å². The lowest BCUT2D eigenvalue weighted by atomic mass is 10.2. The molecule has 120 valence electrons. The molecular weight excluding hydrogens is 298 g/mol. The number of amides is 1. The number of nitrogens with one attached hydrogen (secondary N) is 1. The maximum Gasteiger partial charge on any atom is 0.420 e. The molecule has 2 aromatic heterocycles. The average Bonchev–Trinajstić information content (AvgIpc) is 2.99. The van der Waals surface area contributed by atoms with E-state index in [0.717, 1.165) is 0 Å². The molecule has 0 saturated carbocycles. The van der Waals surface area contributed by atoms with Gasteiger partial charge in [-0.1, -0.05) is 17.3 Å². The van der Waals surface area contributed by atoms with Gasteiger partial charge in [-0.15, -0.1) is 0 Å². The molecule has 1 atom stereocenters. The van der Waals surface area contributed by atoms with E-state index < -0.39 is 5.76 Å². The fourth-order valence-corrected chi connectivity index (χ4v) is 2.61. The molecule has 0 aliphatic carbocycles. The van der Waals surface area contributed by atoms with Gasteiger partial charge < -0.3 is 14.3 Å². The van der Waals surface area contributed by atoms with Crippen LogP contribution in [0, 0.1) is 13.8 Å². The van der Waals surface area contributed by atoms with Crippen molar-refractivity contribution < 1.29 is 13.7 Å². The summed E-state index contributed by atoms with van der Waals surface area (Å²) in [7, 11) is 0. The van der Waals surface area contributed by atoms with Gasteiger partial charge in [0.25, 0.3) is 5.91 Å². The van der Waals surface area contributed by atoms with E-state index in [9.17, 15) is 9.59 Å². The molecule has 1 amide bonds. The van der Waals surface area contributed by atoms with Crippen LogP contribution in [0.2, 0.25) is 0 Å². The van der Waals surface area contributed by atoms with Crippen molar-refractivity contribution in [2.45, 2.75) is 33.4 Å². The molecule has 3 aromatic rings. The highest BCUT2D eigenvalue weighted by atomic mass is 16.5. The van der Waals surface area contributed by atoms with Crippen molar-refractivity contribution in [3.05, 3.63) is 51.8 Å². The van der Waals surface area contributed by atoms with Gasteiger partial charge in [-0.2, -0.15) is 0 Å².